The lowest BCUT2D eigenvalue weighted by Gasteiger charge is -2.15. The number of hydrogen-bond acceptors (Lipinski definition) is 3. The molecule has 0 aliphatic carbocycles. The van der Waals surface area contributed by atoms with E-state index in [0.29, 0.717) is 24.2 Å². The minimum Gasteiger partial charge on any atom is -0.399 e. The van der Waals surface area contributed by atoms with Crippen LogP contribution >= 0.6 is 0 Å². The Hall–Kier alpha value is -2.04. The van der Waals surface area contributed by atoms with Gasteiger partial charge in [-0.15, -0.1) is 0 Å². The zero-order valence-electron chi connectivity index (χ0n) is 10.9. The minimum atomic E-state index is -0.193. The summed E-state index contributed by atoms with van der Waals surface area (Å²) < 4.78 is 0. The summed E-state index contributed by atoms with van der Waals surface area (Å²) in [6.45, 7) is 2.06. The first-order chi connectivity index (χ1) is 9.16. The Morgan fingerprint density at radius 1 is 1.26 bits per heavy atom. The Bertz CT molecular complexity index is 468. The van der Waals surface area contributed by atoms with Crippen molar-refractivity contribution >= 4 is 17.5 Å². The number of amides is 2. The number of nitrogen functional groups attached to an aromatic ring is 1. The SMILES string of the molecule is Nc1cccc(C(=O)NCCC(=O)N2CCCC2)c1. The van der Waals surface area contributed by atoms with Crippen LogP contribution in [0.15, 0.2) is 24.3 Å². The van der Waals surface area contributed by atoms with Crippen LogP contribution in [-0.4, -0.2) is 36.3 Å². The van der Waals surface area contributed by atoms with Crippen LogP contribution in [0.4, 0.5) is 5.69 Å². The van der Waals surface area contributed by atoms with Crippen LogP contribution in [0.25, 0.3) is 0 Å². The molecule has 0 radical (unpaired) electrons. The fourth-order valence-corrected chi connectivity index (χ4v) is 2.19. The number of carbonyl (C=O) groups is 2. The topological polar surface area (TPSA) is 75.4 Å². The maximum atomic E-state index is 11.8. The van der Waals surface area contributed by atoms with E-state index in [-0.39, 0.29) is 11.8 Å². The average Bonchev–Trinajstić information content (AvgIpc) is 2.92. The van der Waals surface area contributed by atoms with Gasteiger partial charge in [-0.2, -0.15) is 0 Å². The van der Waals surface area contributed by atoms with Crippen LogP contribution in [0.3, 0.4) is 0 Å². The number of carbonyl (C=O) groups excluding carboxylic acids is 2. The van der Waals surface area contributed by atoms with Crippen molar-refractivity contribution in [3.63, 3.8) is 0 Å². The van der Waals surface area contributed by atoms with Gasteiger partial charge in [0.05, 0.1) is 0 Å². The van der Waals surface area contributed by atoms with E-state index in [4.69, 9.17) is 5.73 Å². The molecule has 2 rings (SSSR count). The van der Waals surface area contributed by atoms with E-state index in [1.807, 2.05) is 4.90 Å². The Morgan fingerprint density at radius 2 is 2.00 bits per heavy atom. The predicted molar refractivity (Wildman–Crippen MR) is 73.6 cm³/mol. The molecule has 0 unspecified atom stereocenters. The molecule has 0 spiro atoms. The molecule has 1 aliphatic heterocycles. The van der Waals surface area contributed by atoms with Crippen molar-refractivity contribution in [1.82, 2.24) is 10.2 Å². The van der Waals surface area contributed by atoms with E-state index in [2.05, 4.69) is 5.32 Å². The van der Waals surface area contributed by atoms with Crippen LogP contribution in [0.5, 0.6) is 0 Å². The highest BCUT2D eigenvalue weighted by Gasteiger charge is 2.17. The number of rotatable bonds is 4. The van der Waals surface area contributed by atoms with Gasteiger partial charge in [-0.05, 0) is 31.0 Å². The first kappa shape index (κ1) is 13.4. The van der Waals surface area contributed by atoms with Crippen LogP contribution in [0, 0.1) is 0 Å². The largest absolute Gasteiger partial charge is 0.399 e. The zero-order valence-corrected chi connectivity index (χ0v) is 10.9. The first-order valence-corrected chi connectivity index (χ1v) is 6.58. The lowest BCUT2D eigenvalue weighted by Crippen LogP contribution is -2.32. The molecule has 102 valence electrons. The van der Waals surface area contributed by atoms with E-state index in [9.17, 15) is 9.59 Å². The Morgan fingerprint density at radius 3 is 2.68 bits per heavy atom. The van der Waals surface area contributed by atoms with Crippen molar-refractivity contribution in [1.29, 1.82) is 0 Å². The van der Waals surface area contributed by atoms with Crippen LogP contribution < -0.4 is 11.1 Å². The number of hydrogen-bond donors (Lipinski definition) is 2. The van der Waals surface area contributed by atoms with E-state index in [1.165, 1.54) is 0 Å². The zero-order chi connectivity index (χ0) is 13.7. The van der Waals surface area contributed by atoms with Crippen molar-refractivity contribution in [3.8, 4) is 0 Å². The second kappa shape index (κ2) is 6.22. The van der Waals surface area contributed by atoms with Crippen molar-refractivity contribution in [2.75, 3.05) is 25.4 Å². The van der Waals surface area contributed by atoms with Gasteiger partial charge >= 0.3 is 0 Å². The fourth-order valence-electron chi connectivity index (χ4n) is 2.19. The van der Waals surface area contributed by atoms with Crippen molar-refractivity contribution < 1.29 is 9.59 Å². The van der Waals surface area contributed by atoms with Crippen LogP contribution in [0.2, 0.25) is 0 Å². The first-order valence-electron chi connectivity index (χ1n) is 6.58. The van der Waals surface area contributed by atoms with Gasteiger partial charge < -0.3 is 16.0 Å². The summed E-state index contributed by atoms with van der Waals surface area (Å²) in [7, 11) is 0. The number of nitrogens with one attached hydrogen (secondary N) is 1. The lowest BCUT2D eigenvalue weighted by molar-refractivity contribution is -0.129. The van der Waals surface area contributed by atoms with Gasteiger partial charge in [0.1, 0.15) is 0 Å². The number of nitrogens with two attached hydrogens (primary N) is 1. The monoisotopic (exact) mass is 261 g/mol. The molecule has 5 heteroatoms. The van der Waals surface area contributed by atoms with Gasteiger partial charge in [0, 0.05) is 37.3 Å². The van der Waals surface area contributed by atoms with Gasteiger partial charge in [0.25, 0.3) is 5.91 Å². The van der Waals surface area contributed by atoms with Gasteiger partial charge in [-0.3, -0.25) is 9.59 Å². The van der Waals surface area contributed by atoms with E-state index < -0.39 is 0 Å². The van der Waals surface area contributed by atoms with Crippen LogP contribution in [-0.2, 0) is 4.79 Å². The molecule has 1 fully saturated rings. The summed E-state index contributed by atoms with van der Waals surface area (Å²) in [5.41, 5.74) is 6.69. The normalized spacial score (nSPS) is 14.4. The third-order valence-electron chi connectivity index (χ3n) is 3.23. The highest BCUT2D eigenvalue weighted by molar-refractivity contribution is 5.95. The molecule has 1 aromatic carbocycles. The molecular weight excluding hydrogens is 242 g/mol. The molecule has 1 aliphatic rings. The minimum absolute atomic E-state index is 0.116. The molecule has 2 amide bonds. The maximum absolute atomic E-state index is 11.8. The van der Waals surface area contributed by atoms with Crippen molar-refractivity contribution in [2.24, 2.45) is 0 Å². The van der Waals surface area contributed by atoms with E-state index >= 15 is 0 Å². The molecule has 3 N–H and O–H groups in total. The smallest absolute Gasteiger partial charge is 0.251 e. The van der Waals surface area contributed by atoms with Gasteiger partial charge in [0.2, 0.25) is 5.91 Å². The number of benzene rings is 1. The van der Waals surface area contributed by atoms with E-state index in [1.54, 1.807) is 24.3 Å². The second-order valence-electron chi connectivity index (χ2n) is 4.72. The molecule has 0 aromatic heterocycles. The number of likely N-dealkylation sites (tertiary alicyclic amines) is 1. The summed E-state index contributed by atoms with van der Waals surface area (Å²) in [6.07, 6.45) is 2.52. The van der Waals surface area contributed by atoms with Gasteiger partial charge in [0.15, 0.2) is 0 Å². The van der Waals surface area contributed by atoms with E-state index in [0.717, 1.165) is 25.9 Å². The fraction of sp³-hybridized carbons (Fsp3) is 0.429. The molecule has 1 heterocycles. The number of nitrogens with zero attached hydrogens (tertiary/aromatic N) is 1. The van der Waals surface area contributed by atoms with Crippen molar-refractivity contribution in [3.05, 3.63) is 29.8 Å². The molecule has 1 aromatic rings. The second-order valence-corrected chi connectivity index (χ2v) is 4.72. The molecular formula is C14H19N3O2. The highest BCUT2D eigenvalue weighted by Crippen LogP contribution is 2.09. The quantitative estimate of drug-likeness (QED) is 0.794. The Kier molecular flexibility index (Phi) is 4.39. The highest BCUT2D eigenvalue weighted by atomic mass is 16.2. The molecule has 0 bridgehead atoms. The molecule has 5 nitrogen and oxygen atoms in total. The predicted octanol–water partition coefficient (Wildman–Crippen LogP) is 1.01. The summed E-state index contributed by atoms with van der Waals surface area (Å²) in [6, 6.07) is 6.79. The standard InChI is InChI=1S/C14H19N3O2/c15-12-5-3-4-11(10-12)14(19)16-7-6-13(18)17-8-1-2-9-17/h3-5,10H,1-2,6-9,15H2,(H,16,19). The Balaban J connectivity index is 1.76. The molecule has 19 heavy (non-hydrogen) atoms. The lowest BCUT2D eigenvalue weighted by atomic mass is 10.2. The summed E-state index contributed by atoms with van der Waals surface area (Å²) in [5, 5.41) is 2.74. The van der Waals surface area contributed by atoms with Crippen LogP contribution in [0.1, 0.15) is 29.6 Å². The average molecular weight is 261 g/mol. The summed E-state index contributed by atoms with van der Waals surface area (Å²) >= 11 is 0. The van der Waals surface area contributed by atoms with Gasteiger partial charge in [-0.1, -0.05) is 6.07 Å². The third-order valence-corrected chi connectivity index (χ3v) is 3.23. The number of anilines is 1. The third kappa shape index (κ3) is 3.71. The summed E-state index contributed by atoms with van der Waals surface area (Å²) in [5.74, 6) is -0.0769. The van der Waals surface area contributed by atoms with Gasteiger partial charge in [-0.25, -0.2) is 0 Å². The maximum Gasteiger partial charge on any atom is 0.251 e. The van der Waals surface area contributed by atoms with Crippen molar-refractivity contribution in [2.45, 2.75) is 19.3 Å². The Labute approximate surface area is 112 Å². The molecule has 0 saturated carbocycles. The molecule has 0 atom stereocenters. The molecule has 1 saturated heterocycles. The summed E-state index contributed by atoms with van der Waals surface area (Å²) in [4.78, 5) is 25.4.